The molecular formula is C40H27BN2. The summed E-state index contributed by atoms with van der Waals surface area (Å²) in [6.45, 7) is -0.271. The van der Waals surface area contributed by atoms with Crippen molar-refractivity contribution in [3.8, 4) is 22.3 Å². The van der Waals surface area contributed by atoms with Gasteiger partial charge in [-0.25, -0.2) is 0 Å². The van der Waals surface area contributed by atoms with Gasteiger partial charge in [-0.1, -0.05) is 121 Å². The number of anilines is 5. The summed E-state index contributed by atoms with van der Waals surface area (Å²) in [5.74, 6) is 0. The molecule has 7 aromatic rings. The minimum Gasteiger partial charge on any atom is -0.376 e. The normalized spacial score (nSPS) is 14.6. The highest BCUT2D eigenvalue weighted by atomic mass is 15.2. The van der Waals surface area contributed by atoms with Gasteiger partial charge in [-0.3, -0.25) is 0 Å². The first-order valence-corrected chi connectivity index (χ1v) is 14.5. The zero-order chi connectivity index (χ0) is 32.7. The summed E-state index contributed by atoms with van der Waals surface area (Å²) in [5.41, 5.74) is 10.2. The van der Waals surface area contributed by atoms with Gasteiger partial charge in [-0.2, -0.15) is 0 Å². The molecule has 0 bridgehead atoms. The van der Waals surface area contributed by atoms with E-state index in [1.54, 1.807) is 0 Å². The molecule has 0 atom stereocenters. The maximum absolute atomic E-state index is 8.98. The van der Waals surface area contributed by atoms with Crippen LogP contribution in [-0.4, -0.2) is 6.85 Å². The molecule has 0 radical (unpaired) electrons. The molecule has 2 nitrogen and oxygen atoms in total. The molecule has 2 aliphatic rings. The van der Waals surface area contributed by atoms with E-state index in [0.717, 1.165) is 66.7 Å². The Bertz CT molecular complexity index is 2420. The Balaban J connectivity index is 1.40. The van der Waals surface area contributed by atoms with Crippen LogP contribution in [0.3, 0.4) is 0 Å². The summed E-state index contributed by atoms with van der Waals surface area (Å²) in [6, 6.07) is 44.5. The predicted molar refractivity (Wildman–Crippen MR) is 183 cm³/mol. The molecule has 0 spiro atoms. The zero-order valence-electron chi connectivity index (χ0n) is 28.2. The Labute approximate surface area is 259 Å². The molecule has 2 heterocycles. The van der Waals surface area contributed by atoms with E-state index in [4.69, 9.17) is 6.85 Å². The highest BCUT2D eigenvalue weighted by molar-refractivity contribution is 6.93. The minimum absolute atomic E-state index is 0.140. The molecule has 7 aromatic carbocycles. The van der Waals surface area contributed by atoms with Crippen molar-refractivity contribution in [1.82, 2.24) is 0 Å². The summed E-state index contributed by atoms with van der Waals surface area (Å²) in [6.07, 6.45) is 0. The molecule has 0 saturated heterocycles. The topological polar surface area (TPSA) is 6.48 Å². The lowest BCUT2D eigenvalue weighted by atomic mass is 9.43. The minimum atomic E-state index is -0.406. The zero-order valence-corrected chi connectivity index (χ0v) is 23.2. The van der Waals surface area contributed by atoms with E-state index in [9.17, 15) is 0 Å². The molecule has 200 valence electrons. The average molecular weight is 552 g/mol. The number of hydrogen-bond donors (Lipinski definition) is 0. The maximum Gasteiger partial charge on any atom is 0.333 e. The van der Waals surface area contributed by atoms with Crippen molar-refractivity contribution in [2.24, 2.45) is 0 Å². The summed E-state index contributed by atoms with van der Waals surface area (Å²) < 4.78 is 43.3. The van der Waals surface area contributed by atoms with Crippen molar-refractivity contribution in [2.75, 3.05) is 9.71 Å². The lowest BCUT2D eigenvalue weighted by Gasteiger charge is -2.46. The Hall–Kier alpha value is -5.54. The number of hydrogen-bond acceptors (Lipinski definition) is 2. The molecule has 0 unspecified atom stereocenters. The second-order valence-electron chi connectivity index (χ2n) is 11.0. The van der Waals surface area contributed by atoms with Crippen molar-refractivity contribution >= 4 is 57.0 Å². The van der Waals surface area contributed by atoms with Crippen LogP contribution in [0.15, 0.2) is 164 Å². The van der Waals surface area contributed by atoms with Crippen molar-refractivity contribution in [1.29, 1.82) is 0 Å². The third kappa shape index (κ3) is 3.61. The van der Waals surface area contributed by atoms with E-state index in [1.807, 2.05) is 41.3 Å². The SMILES string of the molecule is [2H]c1c([2H])c([2H])c(N2c3ccccc3B3c4c(cccc42)-c2ccccc2N3c2cc3ccccc3cc2-c2ccccc2)c([2H])c1[2H]. The summed E-state index contributed by atoms with van der Waals surface area (Å²) in [7, 11) is 0. The second-order valence-corrected chi connectivity index (χ2v) is 11.0. The van der Waals surface area contributed by atoms with Crippen LogP contribution in [0.25, 0.3) is 33.0 Å². The Morgan fingerprint density at radius 1 is 0.488 bits per heavy atom. The van der Waals surface area contributed by atoms with E-state index in [0.29, 0.717) is 0 Å². The molecular weight excluding hydrogens is 519 g/mol. The van der Waals surface area contributed by atoms with Gasteiger partial charge in [0.15, 0.2) is 0 Å². The van der Waals surface area contributed by atoms with Gasteiger partial charge < -0.3 is 9.71 Å². The highest BCUT2D eigenvalue weighted by Gasteiger charge is 2.45. The van der Waals surface area contributed by atoms with Crippen molar-refractivity contribution in [2.45, 2.75) is 0 Å². The first-order chi connectivity index (χ1) is 23.4. The quantitative estimate of drug-likeness (QED) is 0.202. The number of nitrogens with zero attached hydrogens (tertiary/aromatic N) is 2. The molecule has 0 amide bonds. The molecule has 0 fully saturated rings. The van der Waals surface area contributed by atoms with Crippen LogP contribution in [0, 0.1) is 0 Å². The fraction of sp³-hybridized carbons (Fsp3) is 0. The van der Waals surface area contributed by atoms with Gasteiger partial charge in [0, 0.05) is 39.6 Å². The number of para-hydroxylation sites is 3. The van der Waals surface area contributed by atoms with Crippen LogP contribution in [-0.2, 0) is 0 Å². The monoisotopic (exact) mass is 551 g/mol. The Morgan fingerprint density at radius 3 is 1.98 bits per heavy atom. The Kier molecular flexibility index (Phi) is 4.32. The van der Waals surface area contributed by atoms with Crippen LogP contribution in [0.4, 0.5) is 28.4 Å². The van der Waals surface area contributed by atoms with Gasteiger partial charge in [-0.05, 0) is 75.2 Å². The first-order valence-electron chi connectivity index (χ1n) is 17.0. The number of fused-ring (bicyclic) bond motifs is 5. The van der Waals surface area contributed by atoms with Crippen molar-refractivity contribution in [3.63, 3.8) is 0 Å². The van der Waals surface area contributed by atoms with Gasteiger partial charge in [0.25, 0.3) is 0 Å². The fourth-order valence-electron chi connectivity index (χ4n) is 6.94. The molecule has 9 rings (SSSR count). The van der Waals surface area contributed by atoms with Crippen LogP contribution < -0.4 is 20.6 Å². The van der Waals surface area contributed by atoms with Crippen LogP contribution in [0.5, 0.6) is 0 Å². The number of rotatable bonds is 3. The lowest BCUT2D eigenvalue weighted by Crippen LogP contribution is -2.61. The Morgan fingerprint density at radius 2 is 1.14 bits per heavy atom. The predicted octanol–water partition coefficient (Wildman–Crippen LogP) is 9.21. The summed E-state index contributed by atoms with van der Waals surface area (Å²) in [5, 5.41) is 2.29. The lowest BCUT2D eigenvalue weighted by molar-refractivity contribution is 1.27. The number of benzene rings is 7. The maximum atomic E-state index is 8.98. The molecule has 2 aliphatic heterocycles. The molecule has 3 heteroatoms. The summed E-state index contributed by atoms with van der Waals surface area (Å²) >= 11 is 0. The smallest absolute Gasteiger partial charge is 0.333 e. The standard InChI is InChI=1S/C40H27BN2/c1-3-14-28(15-4-1)34-26-29-16-7-8-17-30(29)27-39(34)43-36-23-11-9-20-32(36)33-21-13-25-38-40(33)41(43)35-22-10-12-24-37(35)42(38)31-18-5-2-6-19-31/h1-27H/i2D,5D,6D,18D,19D. The van der Waals surface area contributed by atoms with Crippen molar-refractivity contribution < 1.29 is 6.85 Å². The molecule has 0 aliphatic carbocycles. The van der Waals surface area contributed by atoms with Gasteiger partial charge in [0.1, 0.15) is 0 Å². The van der Waals surface area contributed by atoms with Gasteiger partial charge in [-0.15, -0.1) is 0 Å². The van der Waals surface area contributed by atoms with Gasteiger partial charge >= 0.3 is 6.85 Å². The molecule has 0 N–H and O–H groups in total. The largest absolute Gasteiger partial charge is 0.376 e. The van der Waals surface area contributed by atoms with Crippen LogP contribution in [0.2, 0.25) is 0 Å². The van der Waals surface area contributed by atoms with E-state index in [2.05, 4.69) is 102 Å². The fourth-order valence-corrected chi connectivity index (χ4v) is 6.94. The third-order valence-electron chi connectivity index (χ3n) is 8.70. The van der Waals surface area contributed by atoms with E-state index >= 15 is 0 Å². The molecule has 0 aromatic heterocycles. The first kappa shape index (κ1) is 19.6. The summed E-state index contributed by atoms with van der Waals surface area (Å²) in [4.78, 5) is 4.31. The van der Waals surface area contributed by atoms with E-state index in [1.165, 1.54) is 0 Å². The van der Waals surface area contributed by atoms with E-state index in [-0.39, 0.29) is 36.7 Å². The van der Waals surface area contributed by atoms with Gasteiger partial charge in [0.05, 0.1) is 6.85 Å². The van der Waals surface area contributed by atoms with Crippen LogP contribution in [0.1, 0.15) is 6.85 Å². The molecule has 43 heavy (non-hydrogen) atoms. The highest BCUT2D eigenvalue weighted by Crippen LogP contribution is 2.48. The van der Waals surface area contributed by atoms with Crippen molar-refractivity contribution in [3.05, 3.63) is 164 Å². The third-order valence-corrected chi connectivity index (χ3v) is 8.70. The average Bonchev–Trinajstić information content (AvgIpc) is 3.14. The molecule has 0 saturated carbocycles. The van der Waals surface area contributed by atoms with Crippen LogP contribution >= 0.6 is 0 Å². The second kappa shape index (κ2) is 9.50. The van der Waals surface area contributed by atoms with E-state index < -0.39 is 6.04 Å². The van der Waals surface area contributed by atoms with Gasteiger partial charge in [0.2, 0.25) is 0 Å².